The lowest BCUT2D eigenvalue weighted by molar-refractivity contribution is 0.0626. The number of nitrogen functional groups attached to an aromatic ring is 1. The summed E-state index contributed by atoms with van der Waals surface area (Å²) in [6.45, 7) is 8.27. The maximum absolute atomic E-state index is 12.7. The molecule has 1 heterocycles. The first-order chi connectivity index (χ1) is 9.29. The van der Waals surface area contributed by atoms with Crippen molar-refractivity contribution in [1.29, 1.82) is 0 Å². The van der Waals surface area contributed by atoms with Gasteiger partial charge in [-0.25, -0.2) is 0 Å². The van der Waals surface area contributed by atoms with Crippen LogP contribution in [0.4, 0.5) is 5.69 Å². The zero-order chi connectivity index (χ0) is 15.1. The van der Waals surface area contributed by atoms with Crippen molar-refractivity contribution in [3.63, 3.8) is 0 Å². The van der Waals surface area contributed by atoms with E-state index < -0.39 is 0 Å². The van der Waals surface area contributed by atoms with Gasteiger partial charge in [0.15, 0.2) is 0 Å². The Kier molecular flexibility index (Phi) is 3.78. The second kappa shape index (κ2) is 5.09. The summed E-state index contributed by atoms with van der Waals surface area (Å²) in [5.41, 5.74) is 7.79. The van der Waals surface area contributed by atoms with E-state index >= 15 is 0 Å². The summed E-state index contributed by atoms with van der Waals surface area (Å²) >= 11 is 1.50. The van der Waals surface area contributed by atoms with Crippen LogP contribution in [0.3, 0.4) is 0 Å². The number of benzene rings is 1. The van der Waals surface area contributed by atoms with Crippen LogP contribution < -0.4 is 5.73 Å². The molecule has 0 fully saturated rings. The molecule has 0 saturated carbocycles. The number of aryl methyl sites for hydroxylation is 1. The number of nitrogens with two attached hydrogens (primary N) is 1. The van der Waals surface area contributed by atoms with Gasteiger partial charge in [-0.3, -0.25) is 4.79 Å². The number of rotatable bonds is 3. The van der Waals surface area contributed by atoms with Gasteiger partial charge in [0.05, 0.1) is 5.69 Å². The van der Waals surface area contributed by atoms with Crippen molar-refractivity contribution in [2.24, 2.45) is 0 Å². The van der Waals surface area contributed by atoms with Crippen LogP contribution >= 0.6 is 11.3 Å². The number of hydrogen-bond donors (Lipinski definition) is 1. The van der Waals surface area contributed by atoms with Crippen LogP contribution in [-0.4, -0.2) is 23.4 Å². The summed E-state index contributed by atoms with van der Waals surface area (Å²) in [5, 5.41) is 0.987. The minimum Gasteiger partial charge on any atom is -0.397 e. The Morgan fingerprint density at radius 3 is 2.60 bits per heavy atom. The molecule has 0 saturated heterocycles. The molecule has 20 heavy (non-hydrogen) atoms. The monoisotopic (exact) mass is 290 g/mol. The van der Waals surface area contributed by atoms with E-state index in [1.165, 1.54) is 11.3 Å². The molecule has 0 aliphatic rings. The highest BCUT2D eigenvalue weighted by atomic mass is 32.1. The standard InChI is InChI=1S/C16H22N2OS/c1-6-16(3,4)18(5)15(19)14-12(17)11-9-7-8-10(2)13(11)20-14/h7-9H,6,17H2,1-5H3. The van der Waals surface area contributed by atoms with Crippen molar-refractivity contribution < 1.29 is 4.79 Å². The van der Waals surface area contributed by atoms with Crippen LogP contribution in [0.2, 0.25) is 0 Å². The second-order valence-electron chi connectivity index (χ2n) is 5.83. The first-order valence-corrected chi connectivity index (χ1v) is 7.67. The maximum atomic E-state index is 12.7. The van der Waals surface area contributed by atoms with Crippen LogP contribution in [0.5, 0.6) is 0 Å². The average molecular weight is 290 g/mol. The number of anilines is 1. The molecular weight excluding hydrogens is 268 g/mol. The maximum Gasteiger partial charge on any atom is 0.266 e. The average Bonchev–Trinajstić information content (AvgIpc) is 2.76. The van der Waals surface area contributed by atoms with E-state index in [1.54, 1.807) is 4.90 Å². The third-order valence-electron chi connectivity index (χ3n) is 4.22. The summed E-state index contributed by atoms with van der Waals surface area (Å²) in [7, 11) is 1.85. The fourth-order valence-electron chi connectivity index (χ4n) is 2.10. The molecule has 0 spiro atoms. The third kappa shape index (κ3) is 2.29. The largest absolute Gasteiger partial charge is 0.397 e. The van der Waals surface area contributed by atoms with Crippen LogP contribution in [0.25, 0.3) is 10.1 Å². The van der Waals surface area contributed by atoms with Gasteiger partial charge in [0.25, 0.3) is 5.91 Å². The smallest absolute Gasteiger partial charge is 0.266 e. The first kappa shape index (κ1) is 14.9. The highest BCUT2D eigenvalue weighted by molar-refractivity contribution is 7.21. The predicted molar refractivity (Wildman–Crippen MR) is 87.4 cm³/mol. The number of fused-ring (bicyclic) bond motifs is 1. The van der Waals surface area contributed by atoms with Crippen molar-refractivity contribution in [2.75, 3.05) is 12.8 Å². The number of amides is 1. The molecule has 0 radical (unpaired) electrons. The lowest BCUT2D eigenvalue weighted by Crippen LogP contribution is -2.44. The van der Waals surface area contributed by atoms with E-state index in [2.05, 4.69) is 20.8 Å². The van der Waals surface area contributed by atoms with E-state index in [4.69, 9.17) is 5.73 Å². The van der Waals surface area contributed by atoms with E-state index in [0.717, 1.165) is 22.1 Å². The number of hydrogen-bond acceptors (Lipinski definition) is 3. The fraction of sp³-hybridized carbons (Fsp3) is 0.438. The first-order valence-electron chi connectivity index (χ1n) is 6.85. The lowest BCUT2D eigenvalue weighted by atomic mass is 9.99. The molecule has 3 nitrogen and oxygen atoms in total. The molecule has 2 N–H and O–H groups in total. The van der Waals surface area contributed by atoms with Gasteiger partial charge in [0, 0.05) is 22.7 Å². The molecule has 2 rings (SSSR count). The number of nitrogens with zero attached hydrogens (tertiary/aromatic N) is 1. The Hall–Kier alpha value is -1.55. The van der Waals surface area contributed by atoms with Crippen LogP contribution in [0.15, 0.2) is 18.2 Å². The van der Waals surface area contributed by atoms with Crippen LogP contribution in [0.1, 0.15) is 42.4 Å². The number of thiophene rings is 1. The second-order valence-corrected chi connectivity index (χ2v) is 6.85. The highest BCUT2D eigenvalue weighted by Gasteiger charge is 2.29. The molecule has 2 aromatic rings. The summed E-state index contributed by atoms with van der Waals surface area (Å²) in [6, 6.07) is 6.01. The van der Waals surface area contributed by atoms with Gasteiger partial charge in [-0.1, -0.05) is 25.1 Å². The fourth-order valence-corrected chi connectivity index (χ4v) is 3.27. The topological polar surface area (TPSA) is 46.3 Å². The van der Waals surface area contributed by atoms with E-state index in [9.17, 15) is 4.79 Å². The SMILES string of the molecule is CCC(C)(C)N(C)C(=O)c1sc2c(C)cccc2c1N. The summed E-state index contributed by atoms with van der Waals surface area (Å²) in [6.07, 6.45) is 0.902. The summed E-state index contributed by atoms with van der Waals surface area (Å²) in [5.74, 6) is 0.00921. The number of carbonyl (C=O) groups is 1. The van der Waals surface area contributed by atoms with E-state index in [1.807, 2.05) is 32.2 Å². The molecule has 1 aromatic heterocycles. The van der Waals surface area contributed by atoms with Crippen LogP contribution in [0, 0.1) is 6.92 Å². The van der Waals surface area contributed by atoms with Crippen molar-refractivity contribution in [1.82, 2.24) is 4.90 Å². The molecule has 0 aliphatic heterocycles. The molecule has 0 atom stereocenters. The van der Waals surface area contributed by atoms with Gasteiger partial charge in [-0.2, -0.15) is 0 Å². The number of carbonyl (C=O) groups excluding carboxylic acids is 1. The van der Waals surface area contributed by atoms with Crippen molar-refractivity contribution in [3.05, 3.63) is 28.6 Å². The van der Waals surface area contributed by atoms with Crippen molar-refractivity contribution in [2.45, 2.75) is 39.7 Å². The molecule has 0 bridgehead atoms. The Balaban J connectivity index is 2.51. The molecule has 0 unspecified atom stereocenters. The van der Waals surface area contributed by atoms with Gasteiger partial charge in [0.2, 0.25) is 0 Å². The Labute approximate surface area is 124 Å². The summed E-state index contributed by atoms with van der Waals surface area (Å²) in [4.78, 5) is 15.2. The Morgan fingerprint density at radius 1 is 1.40 bits per heavy atom. The van der Waals surface area contributed by atoms with Gasteiger partial charge in [-0.05, 0) is 32.8 Å². The zero-order valence-electron chi connectivity index (χ0n) is 12.8. The molecule has 4 heteroatoms. The van der Waals surface area contributed by atoms with Gasteiger partial charge in [0.1, 0.15) is 4.88 Å². The van der Waals surface area contributed by atoms with Gasteiger partial charge < -0.3 is 10.6 Å². The normalized spacial score (nSPS) is 11.8. The predicted octanol–water partition coefficient (Wildman–Crippen LogP) is 4.05. The van der Waals surface area contributed by atoms with Gasteiger partial charge >= 0.3 is 0 Å². The molecule has 1 aromatic carbocycles. The van der Waals surface area contributed by atoms with Crippen LogP contribution in [-0.2, 0) is 0 Å². The molecule has 0 aliphatic carbocycles. The van der Waals surface area contributed by atoms with Crippen molar-refractivity contribution in [3.8, 4) is 0 Å². The Bertz CT molecular complexity index is 658. The van der Waals surface area contributed by atoms with Crippen molar-refractivity contribution >= 4 is 33.0 Å². The van der Waals surface area contributed by atoms with E-state index in [-0.39, 0.29) is 11.4 Å². The minimum atomic E-state index is -0.172. The Morgan fingerprint density at radius 2 is 2.05 bits per heavy atom. The quantitative estimate of drug-likeness (QED) is 0.927. The van der Waals surface area contributed by atoms with E-state index in [0.29, 0.717) is 10.6 Å². The third-order valence-corrected chi connectivity index (χ3v) is 5.57. The lowest BCUT2D eigenvalue weighted by Gasteiger charge is -2.34. The zero-order valence-corrected chi connectivity index (χ0v) is 13.6. The molecule has 1 amide bonds. The molecular formula is C16H22N2OS. The summed E-state index contributed by atoms with van der Waals surface area (Å²) < 4.78 is 1.11. The molecule has 108 valence electrons. The van der Waals surface area contributed by atoms with Gasteiger partial charge in [-0.15, -0.1) is 11.3 Å². The highest BCUT2D eigenvalue weighted by Crippen LogP contribution is 2.37. The minimum absolute atomic E-state index is 0.00921.